The van der Waals surface area contributed by atoms with Crippen molar-refractivity contribution in [2.24, 2.45) is 23.7 Å². The SMILES string of the molecule is CNC(=O)NC[C@@H](CC(C)C)NC(=O)NC[C@@H](C)NC(=O)NC[C@H](NC(=O)NC[C@@H](CC(C)C)NC(=O)NCC1CCCN1C(=O)NC[C@@H](NC(=S)Nc1cc(C(F)(F)F)cc(C(F)(F)F)c1)C(C)C)C(C)C. The molecule has 6 atom stereocenters. The molecule has 0 aromatic heterocycles. The fourth-order valence-electron chi connectivity index (χ4n) is 7.61. The van der Waals surface area contributed by atoms with Crippen LogP contribution in [0.1, 0.15) is 99.1 Å². The predicted molar refractivity (Wildman–Crippen MR) is 271 cm³/mol. The number of anilines is 1. The number of hydrogen-bond acceptors (Lipinski definition) is 7. The Morgan fingerprint density at radius 3 is 1.55 bits per heavy atom. The number of amides is 12. The van der Waals surface area contributed by atoms with Crippen LogP contribution in [0.25, 0.3) is 0 Å². The molecule has 1 aliphatic rings. The number of rotatable bonds is 24. The molecule has 1 aromatic carbocycles. The molecule has 0 aliphatic carbocycles. The molecule has 1 aromatic rings. The van der Waals surface area contributed by atoms with Crippen LogP contribution in [0.3, 0.4) is 0 Å². The van der Waals surface area contributed by atoms with Gasteiger partial charge < -0.3 is 74.0 Å². The smallest absolute Gasteiger partial charge is 0.358 e. The first kappa shape index (κ1) is 63.2. The third kappa shape index (κ3) is 25.1. The van der Waals surface area contributed by atoms with Crippen molar-refractivity contribution in [2.45, 2.75) is 137 Å². The Balaban J connectivity index is 1.86. The standard InChI is InChI=1S/C46H78F6N14O6S/c1-25(2)14-33(20-55-38(67)53-10)61-40(69)54-19-29(9)60-39(68)58-23-36(27(5)6)64-42(71)56-21-34(15-26(3)4)62-41(70)57-22-35-12-11-13-66(35)44(72)59-24-37(28(7)8)65-43(73)63-32-17-30(45(47,48)49)16-31(18-32)46(50,51)52/h16-18,25-29,33-37H,11-15,19-24H2,1-10H3,(H,59,72)(H2,53,55,67)(H2,54,61,69)(H2,56,64,71)(H2,57,62,70)(H2,58,60,68)(H2,63,65,73)/t29-,33-,34-,35?,36+,37-/m1/s1. The summed E-state index contributed by atoms with van der Waals surface area (Å²) in [6.07, 6.45) is -7.69. The van der Waals surface area contributed by atoms with Gasteiger partial charge in [0.2, 0.25) is 0 Å². The average Bonchev–Trinajstić information content (AvgIpc) is 3.76. The molecule has 0 bridgehead atoms. The summed E-state index contributed by atoms with van der Waals surface area (Å²) in [6.45, 7) is 18.0. The van der Waals surface area contributed by atoms with Gasteiger partial charge in [0.1, 0.15) is 0 Å². The Morgan fingerprint density at radius 1 is 0.589 bits per heavy atom. The summed E-state index contributed by atoms with van der Waals surface area (Å²) in [4.78, 5) is 78.2. The highest BCUT2D eigenvalue weighted by molar-refractivity contribution is 7.80. The molecular weight excluding hydrogens is 991 g/mol. The van der Waals surface area contributed by atoms with Crippen molar-refractivity contribution in [3.05, 3.63) is 29.3 Å². The highest BCUT2D eigenvalue weighted by Crippen LogP contribution is 2.37. The van der Waals surface area contributed by atoms with E-state index >= 15 is 0 Å². The van der Waals surface area contributed by atoms with Crippen LogP contribution in [0.5, 0.6) is 0 Å². The van der Waals surface area contributed by atoms with Crippen LogP contribution in [0, 0.1) is 23.7 Å². The lowest BCUT2D eigenvalue weighted by molar-refractivity contribution is -0.143. The number of thiocarbonyl (C=S) groups is 1. The van der Waals surface area contributed by atoms with Crippen molar-refractivity contribution >= 4 is 59.2 Å². The van der Waals surface area contributed by atoms with Crippen LogP contribution in [-0.2, 0) is 12.4 Å². The van der Waals surface area contributed by atoms with Crippen LogP contribution in [0.2, 0.25) is 0 Å². The number of alkyl halides is 6. The molecule has 20 nitrogen and oxygen atoms in total. The van der Waals surface area contributed by atoms with E-state index in [-0.39, 0.29) is 92.2 Å². The molecule has 1 saturated heterocycles. The van der Waals surface area contributed by atoms with E-state index in [1.165, 1.54) is 7.05 Å². The predicted octanol–water partition coefficient (Wildman–Crippen LogP) is 5.58. The Labute approximate surface area is 429 Å². The Bertz CT molecular complexity index is 1930. The van der Waals surface area contributed by atoms with Crippen molar-refractivity contribution in [3.63, 3.8) is 0 Å². The third-order valence-corrected chi connectivity index (χ3v) is 11.8. The summed E-state index contributed by atoms with van der Waals surface area (Å²) < 4.78 is 80.3. The van der Waals surface area contributed by atoms with E-state index in [1.54, 1.807) is 25.7 Å². The molecule has 73 heavy (non-hydrogen) atoms. The molecule has 416 valence electrons. The van der Waals surface area contributed by atoms with E-state index in [0.717, 1.165) is 0 Å². The lowest BCUT2D eigenvalue weighted by Gasteiger charge is -2.29. The van der Waals surface area contributed by atoms with Crippen LogP contribution >= 0.6 is 12.2 Å². The highest BCUT2D eigenvalue weighted by Gasteiger charge is 2.37. The number of benzene rings is 1. The van der Waals surface area contributed by atoms with E-state index in [0.29, 0.717) is 44.4 Å². The topological polar surface area (TPSA) is 262 Å². The number of carbonyl (C=O) groups excluding carboxylic acids is 6. The van der Waals surface area contributed by atoms with Crippen LogP contribution in [0.4, 0.5) is 60.8 Å². The molecule has 1 unspecified atom stereocenters. The molecular formula is C46H78F6N14O6S. The van der Waals surface area contributed by atoms with Crippen molar-refractivity contribution < 1.29 is 55.1 Å². The van der Waals surface area contributed by atoms with Gasteiger partial charge in [0.25, 0.3) is 0 Å². The zero-order chi connectivity index (χ0) is 55.2. The van der Waals surface area contributed by atoms with Gasteiger partial charge in [0, 0.05) is 82.7 Å². The number of nitrogens with one attached hydrogen (secondary N) is 13. The van der Waals surface area contributed by atoms with Crippen molar-refractivity contribution in [2.75, 3.05) is 58.2 Å². The summed E-state index contributed by atoms with van der Waals surface area (Å²) >= 11 is 5.23. The zero-order valence-corrected chi connectivity index (χ0v) is 44.2. The van der Waals surface area contributed by atoms with Crippen LogP contribution in [-0.4, -0.2) is 135 Å². The molecule has 1 heterocycles. The van der Waals surface area contributed by atoms with Crippen molar-refractivity contribution in [1.29, 1.82) is 0 Å². The van der Waals surface area contributed by atoms with Gasteiger partial charge in [0.05, 0.1) is 23.2 Å². The quantitative estimate of drug-likeness (QED) is 0.0455. The van der Waals surface area contributed by atoms with Gasteiger partial charge in [-0.15, -0.1) is 0 Å². The maximum absolute atomic E-state index is 13.4. The van der Waals surface area contributed by atoms with E-state index in [1.807, 2.05) is 41.5 Å². The normalized spacial score (nSPS) is 15.8. The summed E-state index contributed by atoms with van der Waals surface area (Å²) in [5.74, 6) is 0.110. The maximum Gasteiger partial charge on any atom is 0.416 e. The van der Waals surface area contributed by atoms with Gasteiger partial charge in [-0.05, 0) is 86.7 Å². The lowest BCUT2D eigenvalue weighted by atomic mass is 10.0. The van der Waals surface area contributed by atoms with Gasteiger partial charge >= 0.3 is 48.5 Å². The molecule has 0 radical (unpaired) electrons. The second-order valence-corrected chi connectivity index (χ2v) is 20.1. The first-order valence-corrected chi connectivity index (χ1v) is 24.9. The summed E-state index contributed by atoms with van der Waals surface area (Å²) in [5.41, 5.74) is -3.52. The number of halogens is 6. The van der Waals surface area contributed by atoms with Gasteiger partial charge in [-0.2, -0.15) is 26.3 Å². The first-order chi connectivity index (χ1) is 34.0. The fourth-order valence-corrected chi connectivity index (χ4v) is 7.87. The minimum absolute atomic E-state index is 0.00413. The van der Waals surface area contributed by atoms with Crippen molar-refractivity contribution in [1.82, 2.24) is 68.7 Å². The third-order valence-electron chi connectivity index (χ3n) is 11.6. The second kappa shape index (κ2) is 30.3. The minimum Gasteiger partial charge on any atom is -0.358 e. The maximum atomic E-state index is 13.4. The number of hydrogen-bond donors (Lipinski definition) is 13. The summed E-state index contributed by atoms with van der Waals surface area (Å²) in [6, 6.07) is -4.42. The molecule has 1 fully saturated rings. The van der Waals surface area contributed by atoms with Gasteiger partial charge in [-0.3, -0.25) is 0 Å². The van der Waals surface area contributed by atoms with E-state index in [4.69, 9.17) is 12.2 Å². The first-order valence-electron chi connectivity index (χ1n) is 24.5. The summed E-state index contributed by atoms with van der Waals surface area (Å²) in [7, 11) is 1.50. The monoisotopic (exact) mass is 1070 g/mol. The molecule has 12 amide bonds. The number of urea groups is 6. The number of nitrogens with zero attached hydrogens (tertiary/aromatic N) is 1. The number of likely N-dealkylation sites (tertiary alicyclic amines) is 1. The van der Waals surface area contributed by atoms with Gasteiger partial charge in [-0.1, -0.05) is 55.4 Å². The van der Waals surface area contributed by atoms with Crippen molar-refractivity contribution in [3.8, 4) is 0 Å². The Morgan fingerprint density at radius 2 is 1.04 bits per heavy atom. The van der Waals surface area contributed by atoms with E-state index < -0.39 is 83.5 Å². The zero-order valence-electron chi connectivity index (χ0n) is 43.4. The van der Waals surface area contributed by atoms with Crippen LogP contribution in [0.15, 0.2) is 18.2 Å². The highest BCUT2D eigenvalue weighted by atomic mass is 32.1. The Kier molecular flexibility index (Phi) is 26.3. The molecule has 0 spiro atoms. The molecule has 2 rings (SSSR count). The largest absolute Gasteiger partial charge is 0.416 e. The summed E-state index contributed by atoms with van der Waals surface area (Å²) in [5, 5.41) is 35.5. The van der Waals surface area contributed by atoms with Crippen LogP contribution < -0.4 is 69.1 Å². The molecule has 0 saturated carbocycles. The van der Waals surface area contributed by atoms with Gasteiger partial charge in [-0.25, -0.2) is 28.8 Å². The second-order valence-electron chi connectivity index (χ2n) is 19.7. The minimum atomic E-state index is -5.04. The van der Waals surface area contributed by atoms with Gasteiger partial charge in [0.15, 0.2) is 5.11 Å². The fraction of sp³-hybridized carbons (Fsp3) is 0.717. The average molecular weight is 1070 g/mol. The lowest BCUT2D eigenvalue weighted by Crippen LogP contribution is -2.55. The molecule has 27 heteroatoms. The van der Waals surface area contributed by atoms with E-state index in [9.17, 15) is 55.1 Å². The molecule has 13 N–H and O–H groups in total. The Hall–Kier alpha value is -5.89. The number of carbonyl (C=O) groups is 6. The van der Waals surface area contributed by atoms with E-state index in [2.05, 4.69) is 69.1 Å². The molecule has 1 aliphatic heterocycles.